The van der Waals surface area contributed by atoms with Gasteiger partial charge in [0, 0.05) is 0 Å². The third-order valence-corrected chi connectivity index (χ3v) is 6.14. The maximum atomic E-state index is 9.53. The zero-order valence-corrected chi connectivity index (χ0v) is 17.2. The first-order valence-electron chi connectivity index (χ1n) is 11.7. The fourth-order valence-corrected chi connectivity index (χ4v) is 4.23. The van der Waals surface area contributed by atoms with Crippen molar-refractivity contribution in [1.82, 2.24) is 0 Å². The van der Waals surface area contributed by atoms with Crippen molar-refractivity contribution in [2.75, 3.05) is 0 Å². The van der Waals surface area contributed by atoms with Gasteiger partial charge < -0.3 is 0 Å². The maximum absolute atomic E-state index is 9.53. The van der Waals surface area contributed by atoms with Crippen molar-refractivity contribution in [3.63, 3.8) is 0 Å². The second-order valence-electron chi connectivity index (χ2n) is 8.52. The minimum atomic E-state index is -0.711. The molecule has 0 aromatic rings. The Morgan fingerprint density at radius 3 is 0.731 bits per heavy atom. The highest BCUT2D eigenvalue weighted by Crippen LogP contribution is 2.30. The Morgan fingerprint density at radius 1 is 0.346 bits per heavy atom. The SMILES string of the molecule is N#CC1(C#N)CCCCCCCCCCCCCCCCCCCCC1. The molecule has 0 bridgehead atoms. The Balaban J connectivity index is 2.31. The van der Waals surface area contributed by atoms with Crippen molar-refractivity contribution in [2.45, 2.75) is 135 Å². The molecule has 0 unspecified atom stereocenters. The molecule has 0 aliphatic heterocycles. The molecule has 1 rings (SSSR count). The first-order chi connectivity index (χ1) is 12.8. The van der Waals surface area contributed by atoms with Crippen LogP contribution in [0.1, 0.15) is 135 Å². The van der Waals surface area contributed by atoms with E-state index in [9.17, 15) is 10.5 Å². The molecule has 1 aliphatic rings. The average molecular weight is 359 g/mol. The van der Waals surface area contributed by atoms with E-state index in [0.717, 1.165) is 25.7 Å². The van der Waals surface area contributed by atoms with E-state index in [1.165, 1.54) is 109 Å². The van der Waals surface area contributed by atoms with E-state index >= 15 is 0 Å². The molecule has 0 N–H and O–H groups in total. The molecule has 0 spiro atoms. The first kappa shape index (κ1) is 23.0. The van der Waals surface area contributed by atoms with Gasteiger partial charge in [-0.25, -0.2) is 0 Å². The van der Waals surface area contributed by atoms with Gasteiger partial charge in [0.2, 0.25) is 0 Å². The molecular weight excluding hydrogens is 316 g/mol. The molecule has 2 nitrogen and oxygen atoms in total. The zero-order chi connectivity index (χ0) is 18.8. The molecule has 148 valence electrons. The van der Waals surface area contributed by atoms with Gasteiger partial charge in [0.15, 0.2) is 0 Å². The molecule has 0 saturated heterocycles. The standard InChI is InChI=1S/C24H42N2/c25-22-24(23-26)20-18-16-14-12-10-8-6-4-2-1-3-5-7-9-11-13-15-17-19-21-24/h1-21H2. The Labute approximate surface area is 163 Å². The summed E-state index contributed by atoms with van der Waals surface area (Å²) in [6, 6.07) is 4.71. The summed E-state index contributed by atoms with van der Waals surface area (Å²) in [6.45, 7) is 0. The van der Waals surface area contributed by atoms with Crippen LogP contribution in [0.2, 0.25) is 0 Å². The zero-order valence-electron chi connectivity index (χ0n) is 17.2. The smallest absolute Gasteiger partial charge is 0.143 e. The van der Waals surface area contributed by atoms with E-state index in [4.69, 9.17) is 0 Å². The summed E-state index contributed by atoms with van der Waals surface area (Å²) >= 11 is 0. The van der Waals surface area contributed by atoms with Gasteiger partial charge in [-0.2, -0.15) is 10.5 Å². The van der Waals surface area contributed by atoms with Gasteiger partial charge in [0.05, 0.1) is 12.1 Å². The molecule has 0 heterocycles. The summed E-state index contributed by atoms with van der Waals surface area (Å²) in [5.74, 6) is 0. The van der Waals surface area contributed by atoms with E-state index in [0.29, 0.717) is 0 Å². The number of hydrogen-bond donors (Lipinski definition) is 0. The van der Waals surface area contributed by atoms with Crippen molar-refractivity contribution in [3.8, 4) is 12.1 Å². The number of rotatable bonds is 0. The molecule has 1 saturated carbocycles. The predicted molar refractivity (Wildman–Crippen MR) is 111 cm³/mol. The Bertz CT molecular complexity index is 363. The number of nitrogens with zero attached hydrogens (tertiary/aromatic N) is 2. The largest absolute Gasteiger partial charge is 0.197 e. The third kappa shape index (κ3) is 11.6. The van der Waals surface area contributed by atoms with Crippen molar-refractivity contribution in [3.05, 3.63) is 0 Å². The molecule has 0 aromatic heterocycles. The Kier molecular flexibility index (Phi) is 14.3. The van der Waals surface area contributed by atoms with E-state index in [1.54, 1.807) is 0 Å². The molecule has 1 aliphatic carbocycles. The molecular formula is C24H42N2. The number of nitriles is 2. The monoisotopic (exact) mass is 358 g/mol. The van der Waals surface area contributed by atoms with E-state index < -0.39 is 5.41 Å². The van der Waals surface area contributed by atoms with Gasteiger partial charge in [-0.15, -0.1) is 0 Å². The predicted octanol–water partition coefficient (Wildman–Crippen LogP) is 8.23. The lowest BCUT2D eigenvalue weighted by atomic mass is 9.80. The first-order valence-corrected chi connectivity index (χ1v) is 11.7. The lowest BCUT2D eigenvalue weighted by Crippen LogP contribution is -2.16. The van der Waals surface area contributed by atoms with Crippen LogP contribution in [-0.2, 0) is 0 Å². The lowest BCUT2D eigenvalue weighted by Gasteiger charge is -2.18. The quantitative estimate of drug-likeness (QED) is 0.438. The van der Waals surface area contributed by atoms with Crippen LogP contribution in [0.15, 0.2) is 0 Å². The maximum Gasteiger partial charge on any atom is 0.143 e. The molecule has 0 radical (unpaired) electrons. The highest BCUT2D eigenvalue weighted by atomic mass is 14.4. The lowest BCUT2D eigenvalue weighted by molar-refractivity contribution is 0.390. The molecule has 1 fully saturated rings. The van der Waals surface area contributed by atoms with Gasteiger partial charge in [-0.1, -0.05) is 122 Å². The van der Waals surface area contributed by atoms with Crippen LogP contribution in [0.5, 0.6) is 0 Å². The summed E-state index contributed by atoms with van der Waals surface area (Å²) in [7, 11) is 0. The van der Waals surface area contributed by atoms with E-state index in [2.05, 4.69) is 12.1 Å². The fraction of sp³-hybridized carbons (Fsp3) is 0.917. The topological polar surface area (TPSA) is 47.6 Å². The van der Waals surface area contributed by atoms with Gasteiger partial charge >= 0.3 is 0 Å². The molecule has 0 atom stereocenters. The van der Waals surface area contributed by atoms with E-state index in [1.807, 2.05) is 0 Å². The van der Waals surface area contributed by atoms with Crippen LogP contribution in [0, 0.1) is 28.1 Å². The third-order valence-electron chi connectivity index (χ3n) is 6.14. The number of hydrogen-bond acceptors (Lipinski definition) is 2. The molecule has 0 amide bonds. The minimum absolute atomic E-state index is 0.711. The summed E-state index contributed by atoms with van der Waals surface area (Å²) in [5.41, 5.74) is -0.711. The van der Waals surface area contributed by atoms with Crippen LogP contribution in [0.3, 0.4) is 0 Å². The summed E-state index contributed by atoms with van der Waals surface area (Å²) < 4.78 is 0. The second-order valence-corrected chi connectivity index (χ2v) is 8.52. The van der Waals surface area contributed by atoms with Crippen molar-refractivity contribution in [1.29, 1.82) is 10.5 Å². The summed E-state index contributed by atoms with van der Waals surface area (Å²) in [5, 5.41) is 19.1. The fourth-order valence-electron chi connectivity index (χ4n) is 4.23. The van der Waals surface area contributed by atoms with E-state index in [-0.39, 0.29) is 0 Å². The van der Waals surface area contributed by atoms with Crippen LogP contribution in [0.4, 0.5) is 0 Å². The van der Waals surface area contributed by atoms with Gasteiger partial charge in [0.25, 0.3) is 0 Å². The van der Waals surface area contributed by atoms with Crippen molar-refractivity contribution in [2.24, 2.45) is 5.41 Å². The molecule has 0 aromatic carbocycles. The van der Waals surface area contributed by atoms with Crippen LogP contribution in [0.25, 0.3) is 0 Å². The van der Waals surface area contributed by atoms with Crippen LogP contribution in [-0.4, -0.2) is 0 Å². The Hall–Kier alpha value is -1.02. The van der Waals surface area contributed by atoms with Crippen molar-refractivity contribution < 1.29 is 0 Å². The van der Waals surface area contributed by atoms with Crippen LogP contribution >= 0.6 is 0 Å². The Morgan fingerprint density at radius 2 is 0.538 bits per heavy atom. The second kappa shape index (κ2) is 16.2. The normalized spacial score (nSPS) is 23.5. The highest BCUT2D eigenvalue weighted by molar-refractivity contribution is 5.13. The summed E-state index contributed by atoms with van der Waals surface area (Å²) in [4.78, 5) is 0. The summed E-state index contributed by atoms with van der Waals surface area (Å²) in [6.07, 6.45) is 26.7. The van der Waals surface area contributed by atoms with Crippen LogP contribution < -0.4 is 0 Å². The molecule has 26 heavy (non-hydrogen) atoms. The van der Waals surface area contributed by atoms with Gasteiger partial charge in [-0.3, -0.25) is 0 Å². The average Bonchev–Trinajstić information content (AvgIpc) is 2.67. The van der Waals surface area contributed by atoms with Gasteiger partial charge in [0.1, 0.15) is 5.41 Å². The van der Waals surface area contributed by atoms with Gasteiger partial charge in [-0.05, 0) is 12.8 Å². The minimum Gasteiger partial charge on any atom is -0.197 e. The van der Waals surface area contributed by atoms with Crippen molar-refractivity contribution >= 4 is 0 Å². The molecule has 2 heteroatoms. The highest BCUT2D eigenvalue weighted by Gasteiger charge is 2.28.